The Bertz CT molecular complexity index is 703. The molecule has 20 heavy (non-hydrogen) atoms. The summed E-state index contributed by atoms with van der Waals surface area (Å²) in [5, 5.41) is 12.4. The molecule has 3 rings (SSSR count). The van der Waals surface area contributed by atoms with E-state index in [1.807, 2.05) is 30.3 Å². The molecule has 0 aliphatic rings. The van der Waals surface area contributed by atoms with E-state index in [1.54, 1.807) is 4.80 Å². The van der Waals surface area contributed by atoms with Gasteiger partial charge >= 0.3 is 0 Å². The maximum Gasteiger partial charge on any atom is 0.231 e. The van der Waals surface area contributed by atoms with E-state index in [2.05, 4.69) is 27.3 Å². The molecular weight excluding hydrogens is 272 g/mol. The average Bonchev–Trinajstić information content (AvgIpc) is 3.07. The van der Waals surface area contributed by atoms with Gasteiger partial charge in [-0.05, 0) is 11.6 Å². The van der Waals surface area contributed by atoms with E-state index in [4.69, 9.17) is 0 Å². The Morgan fingerprint density at radius 3 is 2.80 bits per heavy atom. The van der Waals surface area contributed by atoms with Crippen molar-refractivity contribution in [2.24, 2.45) is 0 Å². The normalized spacial score (nSPS) is 10.8. The minimum absolute atomic E-state index is 0.00527. The van der Waals surface area contributed by atoms with Crippen LogP contribution in [0.4, 0.5) is 5.13 Å². The highest BCUT2D eigenvalue weighted by Gasteiger charge is 2.18. The van der Waals surface area contributed by atoms with Gasteiger partial charge in [-0.25, -0.2) is 4.98 Å². The van der Waals surface area contributed by atoms with Crippen LogP contribution in [-0.2, 0) is 6.54 Å². The molecule has 6 nitrogen and oxygen atoms in total. The zero-order valence-electron chi connectivity index (χ0n) is 10.9. The molecule has 0 saturated heterocycles. The van der Waals surface area contributed by atoms with Crippen LogP contribution >= 0.6 is 11.3 Å². The van der Waals surface area contributed by atoms with Crippen molar-refractivity contribution in [3.63, 3.8) is 0 Å². The van der Waals surface area contributed by atoms with Gasteiger partial charge in [0.15, 0.2) is 0 Å². The van der Waals surface area contributed by atoms with Crippen LogP contribution in [0.5, 0.6) is 0 Å². The fourth-order valence-electron chi connectivity index (χ4n) is 1.88. The summed E-state index contributed by atoms with van der Waals surface area (Å²) in [6, 6.07) is 9.67. The second-order valence-electron chi connectivity index (χ2n) is 4.25. The highest BCUT2D eigenvalue weighted by atomic mass is 32.1. The molecular formula is C13H12N6S. The van der Waals surface area contributed by atoms with Crippen molar-refractivity contribution >= 4 is 16.5 Å². The SMILES string of the molecule is CCCn1nnc(-c2sc([N])nc2-c2ccccc2)n1. The predicted molar refractivity (Wildman–Crippen MR) is 76.4 cm³/mol. The quantitative estimate of drug-likeness (QED) is 0.737. The highest BCUT2D eigenvalue weighted by Crippen LogP contribution is 2.36. The molecule has 0 N–H and O–H groups in total. The zero-order valence-corrected chi connectivity index (χ0v) is 11.7. The minimum atomic E-state index is 0.00527. The van der Waals surface area contributed by atoms with Gasteiger partial charge in [-0.3, -0.25) is 0 Å². The van der Waals surface area contributed by atoms with Crippen molar-refractivity contribution in [1.82, 2.24) is 30.9 Å². The van der Waals surface area contributed by atoms with Crippen LogP contribution in [0.15, 0.2) is 30.3 Å². The lowest BCUT2D eigenvalue weighted by molar-refractivity contribution is 0.515. The molecule has 7 heteroatoms. The standard InChI is InChI=1S/C13H12N6S/c1-2-8-19-17-12(16-18-19)11-10(15-13(14)20-11)9-6-4-3-5-7-9/h3-7H,2,8H2,1H3. The lowest BCUT2D eigenvalue weighted by atomic mass is 10.1. The summed E-state index contributed by atoms with van der Waals surface area (Å²) in [6.07, 6.45) is 0.940. The predicted octanol–water partition coefficient (Wildman–Crippen LogP) is 2.57. The molecule has 0 aliphatic heterocycles. The Morgan fingerprint density at radius 2 is 2.05 bits per heavy atom. The molecule has 0 bridgehead atoms. The summed E-state index contributed by atoms with van der Waals surface area (Å²) in [5.41, 5.74) is 11.3. The average molecular weight is 284 g/mol. The molecule has 2 radical (unpaired) electrons. The van der Waals surface area contributed by atoms with E-state index in [0.29, 0.717) is 11.5 Å². The first-order chi connectivity index (χ1) is 9.78. The second-order valence-corrected chi connectivity index (χ2v) is 5.23. The van der Waals surface area contributed by atoms with Gasteiger partial charge in [0.2, 0.25) is 11.0 Å². The van der Waals surface area contributed by atoms with Gasteiger partial charge in [-0.1, -0.05) is 48.6 Å². The summed E-state index contributed by atoms with van der Waals surface area (Å²) in [5.74, 6) is 0.495. The first kappa shape index (κ1) is 12.7. The van der Waals surface area contributed by atoms with Gasteiger partial charge < -0.3 is 0 Å². The van der Waals surface area contributed by atoms with Gasteiger partial charge in [0, 0.05) is 5.56 Å². The van der Waals surface area contributed by atoms with Crippen LogP contribution in [0.25, 0.3) is 22.0 Å². The zero-order chi connectivity index (χ0) is 13.9. The van der Waals surface area contributed by atoms with Crippen LogP contribution in [0.2, 0.25) is 0 Å². The van der Waals surface area contributed by atoms with Crippen molar-refractivity contribution in [3.8, 4) is 22.0 Å². The van der Waals surface area contributed by atoms with Crippen molar-refractivity contribution < 1.29 is 0 Å². The summed E-state index contributed by atoms with van der Waals surface area (Å²) < 4.78 is 0. The molecule has 2 aromatic heterocycles. The third-order valence-electron chi connectivity index (χ3n) is 2.74. The number of benzene rings is 1. The van der Waals surface area contributed by atoms with Gasteiger partial charge in [-0.2, -0.15) is 4.80 Å². The summed E-state index contributed by atoms with van der Waals surface area (Å²) in [4.78, 5) is 6.46. The molecule has 0 fully saturated rings. The number of aromatic nitrogens is 5. The Balaban J connectivity index is 2.05. The summed E-state index contributed by atoms with van der Waals surface area (Å²) in [6.45, 7) is 2.77. The molecule has 0 unspecified atom stereocenters. The van der Waals surface area contributed by atoms with E-state index in [1.165, 1.54) is 0 Å². The van der Waals surface area contributed by atoms with Gasteiger partial charge in [0.1, 0.15) is 4.88 Å². The Kier molecular flexibility index (Phi) is 3.42. The number of tetrazole rings is 1. The number of aryl methyl sites for hydroxylation is 1. The fourth-order valence-corrected chi connectivity index (χ4v) is 2.63. The van der Waals surface area contributed by atoms with Crippen LogP contribution < -0.4 is 5.73 Å². The van der Waals surface area contributed by atoms with E-state index in [9.17, 15) is 5.73 Å². The number of hydrogen-bond donors (Lipinski definition) is 0. The maximum atomic E-state index is 9.69. The van der Waals surface area contributed by atoms with Crippen molar-refractivity contribution in [1.29, 1.82) is 0 Å². The molecule has 0 spiro atoms. The molecule has 0 atom stereocenters. The van der Waals surface area contributed by atoms with Crippen LogP contribution in [0, 0.1) is 0 Å². The monoisotopic (exact) mass is 284 g/mol. The Labute approximate surface area is 120 Å². The largest absolute Gasteiger partial charge is 0.231 e. The lowest BCUT2D eigenvalue weighted by Gasteiger charge is -1.98. The lowest BCUT2D eigenvalue weighted by Crippen LogP contribution is -2.00. The number of nitrogens with zero attached hydrogens (tertiary/aromatic N) is 6. The van der Waals surface area contributed by atoms with E-state index in [0.717, 1.165) is 34.7 Å². The minimum Gasteiger partial charge on any atom is -0.216 e. The third kappa shape index (κ3) is 2.39. The maximum absolute atomic E-state index is 9.69. The van der Waals surface area contributed by atoms with E-state index in [-0.39, 0.29) is 5.13 Å². The summed E-state index contributed by atoms with van der Waals surface area (Å²) >= 11 is 1.16. The Hall–Kier alpha value is -2.28. The third-order valence-corrected chi connectivity index (χ3v) is 3.60. The Morgan fingerprint density at radius 1 is 1.25 bits per heavy atom. The smallest absolute Gasteiger partial charge is 0.216 e. The topological polar surface area (TPSA) is 78.8 Å². The molecule has 0 saturated carbocycles. The first-order valence-corrected chi connectivity index (χ1v) is 7.13. The van der Waals surface area contributed by atoms with Crippen molar-refractivity contribution in [2.75, 3.05) is 0 Å². The summed E-state index contributed by atoms with van der Waals surface area (Å²) in [7, 11) is 0. The molecule has 2 heterocycles. The second kappa shape index (κ2) is 5.38. The molecule has 0 amide bonds. The van der Waals surface area contributed by atoms with E-state index >= 15 is 0 Å². The van der Waals surface area contributed by atoms with Crippen LogP contribution in [0.3, 0.4) is 0 Å². The van der Waals surface area contributed by atoms with Gasteiger partial charge in [0.25, 0.3) is 0 Å². The van der Waals surface area contributed by atoms with Crippen LogP contribution in [0.1, 0.15) is 13.3 Å². The van der Waals surface area contributed by atoms with Crippen LogP contribution in [-0.4, -0.2) is 25.2 Å². The van der Waals surface area contributed by atoms with Crippen molar-refractivity contribution in [3.05, 3.63) is 30.3 Å². The van der Waals surface area contributed by atoms with Crippen molar-refractivity contribution in [2.45, 2.75) is 19.9 Å². The van der Waals surface area contributed by atoms with E-state index < -0.39 is 0 Å². The highest BCUT2D eigenvalue weighted by molar-refractivity contribution is 7.19. The molecule has 0 aliphatic carbocycles. The molecule has 3 aromatic rings. The number of hydrogen-bond acceptors (Lipinski definition) is 5. The fraction of sp³-hybridized carbons (Fsp3) is 0.231. The van der Waals surface area contributed by atoms with Gasteiger partial charge in [-0.15, -0.1) is 15.9 Å². The first-order valence-electron chi connectivity index (χ1n) is 6.31. The molecule has 100 valence electrons. The molecule has 1 aromatic carbocycles. The number of rotatable bonds is 4. The number of thiazole rings is 1. The van der Waals surface area contributed by atoms with Gasteiger partial charge in [0.05, 0.1) is 12.2 Å².